The standard InChI is InChI=1S/C14H30N2O2/c1-7-8-9-10-16(5)12(2)11-14(3,15-4)13(17)18-6/h12,15H,7-11H2,1-6H3. The van der Waals surface area contributed by atoms with Crippen molar-refractivity contribution in [3.63, 3.8) is 0 Å². The van der Waals surface area contributed by atoms with E-state index < -0.39 is 5.54 Å². The number of carbonyl (C=O) groups excluding carboxylic acids is 1. The Hall–Kier alpha value is -0.610. The Kier molecular flexibility index (Phi) is 8.20. The summed E-state index contributed by atoms with van der Waals surface area (Å²) >= 11 is 0. The van der Waals surface area contributed by atoms with Gasteiger partial charge in [-0.05, 0) is 47.3 Å². The van der Waals surface area contributed by atoms with Crippen LogP contribution in [-0.2, 0) is 9.53 Å². The third kappa shape index (κ3) is 5.36. The molecule has 1 N–H and O–H groups in total. The first-order chi connectivity index (χ1) is 8.41. The monoisotopic (exact) mass is 258 g/mol. The number of rotatable bonds is 9. The third-order valence-electron chi connectivity index (χ3n) is 3.76. The van der Waals surface area contributed by atoms with E-state index in [4.69, 9.17) is 4.74 Å². The van der Waals surface area contributed by atoms with E-state index in [1.807, 2.05) is 6.92 Å². The van der Waals surface area contributed by atoms with Gasteiger partial charge in [-0.3, -0.25) is 4.79 Å². The van der Waals surface area contributed by atoms with Gasteiger partial charge in [0.05, 0.1) is 7.11 Å². The Morgan fingerprint density at radius 2 is 2.06 bits per heavy atom. The highest BCUT2D eigenvalue weighted by atomic mass is 16.5. The number of unbranched alkanes of at least 4 members (excludes halogenated alkanes) is 2. The molecule has 18 heavy (non-hydrogen) atoms. The van der Waals surface area contributed by atoms with E-state index in [2.05, 4.69) is 31.1 Å². The van der Waals surface area contributed by atoms with E-state index in [0.717, 1.165) is 13.0 Å². The van der Waals surface area contributed by atoms with Gasteiger partial charge in [-0.2, -0.15) is 0 Å². The number of carbonyl (C=O) groups is 1. The summed E-state index contributed by atoms with van der Waals surface area (Å²) in [5, 5.41) is 3.08. The number of nitrogens with one attached hydrogen (secondary N) is 1. The highest BCUT2D eigenvalue weighted by Crippen LogP contribution is 2.17. The van der Waals surface area contributed by atoms with Gasteiger partial charge >= 0.3 is 5.97 Å². The minimum Gasteiger partial charge on any atom is -0.468 e. The lowest BCUT2D eigenvalue weighted by molar-refractivity contribution is -0.148. The normalized spacial score (nSPS) is 16.4. The molecule has 0 aromatic carbocycles. The van der Waals surface area contributed by atoms with Crippen LogP contribution < -0.4 is 5.32 Å². The maximum Gasteiger partial charge on any atom is 0.325 e. The molecule has 4 heteroatoms. The summed E-state index contributed by atoms with van der Waals surface area (Å²) in [5.41, 5.74) is -0.604. The lowest BCUT2D eigenvalue weighted by Gasteiger charge is -2.33. The second kappa shape index (κ2) is 8.48. The molecule has 0 saturated heterocycles. The number of esters is 1. The van der Waals surface area contributed by atoms with Crippen LogP contribution in [0.4, 0.5) is 0 Å². The molecule has 0 saturated carbocycles. The molecule has 0 heterocycles. The average Bonchev–Trinajstić information content (AvgIpc) is 2.37. The van der Waals surface area contributed by atoms with Crippen molar-refractivity contribution in [3.8, 4) is 0 Å². The highest BCUT2D eigenvalue weighted by Gasteiger charge is 2.34. The molecular formula is C14H30N2O2. The average molecular weight is 258 g/mol. The summed E-state index contributed by atoms with van der Waals surface area (Å²) in [4.78, 5) is 14.1. The summed E-state index contributed by atoms with van der Waals surface area (Å²) in [6.07, 6.45) is 4.46. The van der Waals surface area contributed by atoms with Gasteiger partial charge in [0.25, 0.3) is 0 Å². The third-order valence-corrected chi connectivity index (χ3v) is 3.76. The van der Waals surface area contributed by atoms with Crippen LogP contribution in [0.5, 0.6) is 0 Å². The van der Waals surface area contributed by atoms with Gasteiger partial charge < -0.3 is 15.0 Å². The first kappa shape index (κ1) is 17.4. The molecule has 0 aromatic heterocycles. The first-order valence-corrected chi connectivity index (χ1v) is 6.88. The van der Waals surface area contributed by atoms with Gasteiger partial charge in [-0.1, -0.05) is 19.8 Å². The van der Waals surface area contributed by atoms with Gasteiger partial charge in [0, 0.05) is 6.04 Å². The van der Waals surface area contributed by atoms with Gasteiger partial charge in [0.1, 0.15) is 5.54 Å². The van der Waals surface area contributed by atoms with E-state index in [1.54, 1.807) is 7.05 Å². The second-order valence-electron chi connectivity index (χ2n) is 5.31. The van der Waals surface area contributed by atoms with Crippen LogP contribution in [0.2, 0.25) is 0 Å². The quantitative estimate of drug-likeness (QED) is 0.507. The van der Waals surface area contributed by atoms with Crippen LogP contribution in [-0.4, -0.2) is 50.2 Å². The molecule has 0 fully saturated rings. The van der Waals surface area contributed by atoms with Crippen molar-refractivity contribution in [1.29, 1.82) is 0 Å². The minimum atomic E-state index is -0.604. The minimum absolute atomic E-state index is 0.196. The van der Waals surface area contributed by atoms with Crippen molar-refractivity contribution < 1.29 is 9.53 Å². The van der Waals surface area contributed by atoms with Crippen LogP contribution >= 0.6 is 0 Å². The zero-order valence-electron chi connectivity index (χ0n) is 12.9. The molecular weight excluding hydrogens is 228 g/mol. The Balaban J connectivity index is 4.33. The van der Waals surface area contributed by atoms with Crippen molar-refractivity contribution in [2.24, 2.45) is 0 Å². The SMILES string of the molecule is CCCCCN(C)C(C)CC(C)(NC)C(=O)OC. The summed E-state index contributed by atoms with van der Waals surface area (Å²) in [6, 6.07) is 0.346. The number of likely N-dealkylation sites (N-methyl/N-ethyl adjacent to an activating group) is 1. The van der Waals surface area contributed by atoms with Crippen LogP contribution in [0, 0.1) is 0 Å². The molecule has 0 aliphatic heterocycles. The van der Waals surface area contributed by atoms with Crippen LogP contribution in [0.1, 0.15) is 46.5 Å². The Morgan fingerprint density at radius 1 is 1.44 bits per heavy atom. The van der Waals surface area contributed by atoms with Crippen LogP contribution in [0.15, 0.2) is 0 Å². The molecule has 2 unspecified atom stereocenters. The number of hydrogen-bond acceptors (Lipinski definition) is 4. The zero-order chi connectivity index (χ0) is 14.2. The predicted molar refractivity (Wildman–Crippen MR) is 75.7 cm³/mol. The fraction of sp³-hybridized carbons (Fsp3) is 0.929. The molecule has 0 spiro atoms. The summed E-state index contributed by atoms with van der Waals surface area (Å²) < 4.78 is 4.87. The fourth-order valence-electron chi connectivity index (χ4n) is 2.09. The maximum atomic E-state index is 11.8. The van der Waals surface area contributed by atoms with Crippen molar-refractivity contribution >= 4 is 5.97 Å². The maximum absolute atomic E-state index is 11.8. The van der Waals surface area contributed by atoms with Gasteiger partial charge in [-0.15, -0.1) is 0 Å². The topological polar surface area (TPSA) is 41.6 Å². The summed E-state index contributed by atoms with van der Waals surface area (Å²) in [6.45, 7) is 7.34. The Morgan fingerprint density at radius 3 is 2.50 bits per heavy atom. The van der Waals surface area contributed by atoms with E-state index in [0.29, 0.717) is 6.04 Å². The Bertz CT molecular complexity index is 246. The molecule has 0 amide bonds. The van der Waals surface area contributed by atoms with Gasteiger partial charge in [0.15, 0.2) is 0 Å². The predicted octanol–water partition coefficient (Wildman–Crippen LogP) is 2.04. The van der Waals surface area contributed by atoms with Crippen LogP contribution in [0.3, 0.4) is 0 Å². The zero-order valence-corrected chi connectivity index (χ0v) is 12.9. The number of ether oxygens (including phenoxy) is 1. The summed E-state index contributed by atoms with van der Waals surface area (Å²) in [5.74, 6) is -0.196. The van der Waals surface area contributed by atoms with Gasteiger partial charge in [0.2, 0.25) is 0 Å². The van der Waals surface area contributed by atoms with Crippen molar-refractivity contribution in [1.82, 2.24) is 10.2 Å². The number of nitrogens with zero attached hydrogens (tertiary/aromatic N) is 1. The summed E-state index contributed by atoms with van der Waals surface area (Å²) in [7, 11) is 5.36. The first-order valence-electron chi connectivity index (χ1n) is 6.88. The molecule has 0 rings (SSSR count). The largest absolute Gasteiger partial charge is 0.468 e. The molecule has 0 radical (unpaired) electrons. The fourth-order valence-corrected chi connectivity index (χ4v) is 2.09. The molecule has 108 valence electrons. The number of hydrogen-bond donors (Lipinski definition) is 1. The lowest BCUT2D eigenvalue weighted by atomic mass is 9.93. The lowest BCUT2D eigenvalue weighted by Crippen LogP contribution is -2.52. The molecule has 0 bridgehead atoms. The van der Waals surface area contributed by atoms with E-state index in [1.165, 1.54) is 26.4 Å². The van der Waals surface area contributed by atoms with E-state index >= 15 is 0 Å². The van der Waals surface area contributed by atoms with E-state index in [9.17, 15) is 4.79 Å². The van der Waals surface area contributed by atoms with Crippen molar-refractivity contribution in [2.45, 2.75) is 58.0 Å². The van der Waals surface area contributed by atoms with Gasteiger partial charge in [-0.25, -0.2) is 0 Å². The molecule has 0 aliphatic rings. The van der Waals surface area contributed by atoms with Crippen molar-refractivity contribution in [3.05, 3.63) is 0 Å². The van der Waals surface area contributed by atoms with Crippen molar-refractivity contribution in [2.75, 3.05) is 27.7 Å². The van der Waals surface area contributed by atoms with E-state index in [-0.39, 0.29) is 5.97 Å². The molecule has 0 aliphatic carbocycles. The molecule has 0 aromatic rings. The Labute approximate surface area is 112 Å². The molecule has 2 atom stereocenters. The molecule has 4 nitrogen and oxygen atoms in total. The van der Waals surface area contributed by atoms with Crippen LogP contribution in [0.25, 0.3) is 0 Å². The number of methoxy groups -OCH3 is 1. The highest BCUT2D eigenvalue weighted by molar-refractivity contribution is 5.80. The second-order valence-corrected chi connectivity index (χ2v) is 5.31. The smallest absolute Gasteiger partial charge is 0.325 e.